The number of fused-ring (bicyclic) bond motifs is 3. The molecule has 2 aliphatic carbocycles. The Labute approximate surface area is 150 Å². The highest BCUT2D eigenvalue weighted by Crippen LogP contribution is 2.57. The lowest BCUT2D eigenvalue weighted by Gasteiger charge is -2.55. The van der Waals surface area contributed by atoms with Crippen LogP contribution < -0.4 is 0 Å². The number of hydrogen-bond donors (Lipinski definition) is 2. The minimum atomic E-state index is -0.876. The van der Waals surface area contributed by atoms with Gasteiger partial charge in [0.1, 0.15) is 0 Å². The molecular formula is C21H30O4. The number of carbonyl (C=O) groups is 1. The fraction of sp³-hybridized carbons (Fsp3) is 0.667. The molecule has 1 aromatic rings. The van der Waals surface area contributed by atoms with Crippen molar-refractivity contribution >= 4 is 5.97 Å². The third-order valence-corrected chi connectivity index (χ3v) is 6.64. The first-order valence-corrected chi connectivity index (χ1v) is 9.15. The van der Waals surface area contributed by atoms with Crippen LogP contribution in [0.4, 0.5) is 0 Å². The molecule has 4 atom stereocenters. The summed E-state index contributed by atoms with van der Waals surface area (Å²) in [4.78, 5) is 12.6. The zero-order valence-electron chi connectivity index (χ0n) is 15.9. The van der Waals surface area contributed by atoms with E-state index >= 15 is 0 Å². The van der Waals surface area contributed by atoms with Crippen LogP contribution in [0, 0.1) is 11.3 Å². The van der Waals surface area contributed by atoms with Crippen molar-refractivity contribution in [1.82, 2.24) is 0 Å². The Morgan fingerprint density at radius 1 is 1.28 bits per heavy atom. The molecule has 0 heterocycles. The van der Waals surface area contributed by atoms with Gasteiger partial charge in [0, 0.05) is 0 Å². The number of carbonyl (C=O) groups excluding carboxylic acids is 1. The average molecular weight is 346 g/mol. The van der Waals surface area contributed by atoms with Crippen LogP contribution in [0.1, 0.15) is 63.6 Å². The van der Waals surface area contributed by atoms with Gasteiger partial charge >= 0.3 is 5.97 Å². The number of esters is 1. The largest absolute Gasteiger partial charge is 0.469 e. The van der Waals surface area contributed by atoms with Crippen LogP contribution >= 0.6 is 0 Å². The third-order valence-electron chi connectivity index (χ3n) is 6.64. The van der Waals surface area contributed by atoms with Crippen LogP contribution in [-0.2, 0) is 27.0 Å². The maximum absolute atomic E-state index is 12.6. The van der Waals surface area contributed by atoms with Crippen molar-refractivity contribution in [1.29, 1.82) is 0 Å². The zero-order valence-corrected chi connectivity index (χ0v) is 15.9. The number of aliphatic hydroxyl groups excluding tert-OH is 1. The lowest BCUT2D eigenvalue weighted by molar-refractivity contribution is -0.166. The van der Waals surface area contributed by atoms with Crippen molar-refractivity contribution in [3.8, 4) is 0 Å². The topological polar surface area (TPSA) is 66.8 Å². The number of benzene rings is 1. The summed E-state index contributed by atoms with van der Waals surface area (Å²) in [5.74, 6) is -0.0876. The van der Waals surface area contributed by atoms with Crippen molar-refractivity contribution in [2.45, 2.75) is 70.5 Å². The monoisotopic (exact) mass is 346 g/mol. The Bertz CT molecular complexity index is 690. The first-order valence-electron chi connectivity index (χ1n) is 9.15. The summed E-state index contributed by atoms with van der Waals surface area (Å²) in [5, 5.41) is 20.9. The second-order valence-corrected chi connectivity index (χ2v) is 8.91. The van der Waals surface area contributed by atoms with Crippen molar-refractivity contribution in [2.24, 2.45) is 11.3 Å². The van der Waals surface area contributed by atoms with Crippen LogP contribution in [0.25, 0.3) is 0 Å². The quantitative estimate of drug-likeness (QED) is 0.808. The lowest BCUT2D eigenvalue weighted by atomic mass is 9.49. The zero-order chi connectivity index (χ0) is 18.6. The van der Waals surface area contributed by atoms with E-state index in [9.17, 15) is 15.0 Å². The third kappa shape index (κ3) is 2.80. The highest BCUT2D eigenvalue weighted by molar-refractivity contribution is 5.77. The molecular weight excluding hydrogens is 316 g/mol. The molecule has 0 unspecified atom stereocenters. The molecule has 0 bridgehead atoms. The van der Waals surface area contributed by atoms with E-state index in [4.69, 9.17) is 4.74 Å². The van der Waals surface area contributed by atoms with Gasteiger partial charge in [0.15, 0.2) is 0 Å². The molecule has 25 heavy (non-hydrogen) atoms. The summed E-state index contributed by atoms with van der Waals surface area (Å²) in [6, 6.07) is 6.15. The lowest BCUT2D eigenvalue weighted by Crippen LogP contribution is -2.56. The standard InChI is InChI=1S/C21H30O4/c1-19(2,24)14-7-8-16-13(10-14)6-9-17-20(16,3)11-15(22)12-21(17,4)18(23)25-5/h7-8,10,15,17,22,24H,6,9,11-12H2,1-5H3/t15-,17+,20+,21+/m0/s1. The Hall–Kier alpha value is -1.39. The molecule has 1 aromatic carbocycles. The van der Waals surface area contributed by atoms with Gasteiger partial charge in [0.05, 0.1) is 24.2 Å². The number of ether oxygens (including phenoxy) is 1. The van der Waals surface area contributed by atoms with Gasteiger partial charge in [-0.2, -0.15) is 0 Å². The highest BCUT2D eigenvalue weighted by Gasteiger charge is 2.58. The molecule has 3 rings (SSSR count). The molecule has 0 saturated heterocycles. The summed E-state index contributed by atoms with van der Waals surface area (Å²) < 4.78 is 5.10. The van der Waals surface area contributed by atoms with Crippen molar-refractivity contribution in [2.75, 3.05) is 7.11 Å². The van der Waals surface area contributed by atoms with Crippen molar-refractivity contribution in [3.63, 3.8) is 0 Å². The van der Waals surface area contributed by atoms with E-state index < -0.39 is 17.1 Å². The van der Waals surface area contributed by atoms with Crippen LogP contribution in [-0.4, -0.2) is 29.4 Å². The second kappa shape index (κ2) is 5.82. The van der Waals surface area contributed by atoms with Crippen molar-refractivity contribution < 1.29 is 19.7 Å². The van der Waals surface area contributed by atoms with Crippen LogP contribution in [0.15, 0.2) is 18.2 Å². The second-order valence-electron chi connectivity index (χ2n) is 8.91. The Morgan fingerprint density at radius 3 is 2.56 bits per heavy atom. The van der Waals surface area contributed by atoms with Crippen LogP contribution in [0.2, 0.25) is 0 Å². The SMILES string of the molecule is COC(=O)[C@]1(C)C[C@@H](O)C[C@]2(C)c3ccc(C(C)(C)O)cc3CC[C@@H]12. The van der Waals surface area contributed by atoms with Gasteiger partial charge in [-0.1, -0.05) is 25.1 Å². The van der Waals surface area contributed by atoms with E-state index in [1.807, 2.05) is 13.0 Å². The highest BCUT2D eigenvalue weighted by atomic mass is 16.5. The van der Waals surface area contributed by atoms with Gasteiger partial charge in [-0.3, -0.25) is 4.79 Å². The smallest absolute Gasteiger partial charge is 0.311 e. The van der Waals surface area contributed by atoms with Crippen LogP contribution in [0.3, 0.4) is 0 Å². The molecule has 2 aliphatic rings. The van der Waals surface area contributed by atoms with Gasteiger partial charge in [0.25, 0.3) is 0 Å². The number of methoxy groups -OCH3 is 1. The maximum Gasteiger partial charge on any atom is 0.311 e. The summed E-state index contributed by atoms with van der Waals surface area (Å²) in [6.07, 6.45) is 2.35. The Morgan fingerprint density at radius 2 is 1.96 bits per heavy atom. The molecule has 138 valence electrons. The molecule has 0 aliphatic heterocycles. The molecule has 1 saturated carbocycles. The van der Waals surface area contributed by atoms with E-state index in [1.54, 1.807) is 13.8 Å². The minimum Gasteiger partial charge on any atom is -0.469 e. The maximum atomic E-state index is 12.6. The predicted octanol–water partition coefficient (Wildman–Crippen LogP) is 3.07. The number of rotatable bonds is 2. The molecule has 1 fully saturated rings. The summed E-state index contributed by atoms with van der Waals surface area (Å²) in [5.41, 5.74) is 1.50. The van der Waals surface area contributed by atoms with E-state index in [0.29, 0.717) is 12.8 Å². The van der Waals surface area contributed by atoms with E-state index in [1.165, 1.54) is 18.2 Å². The molecule has 4 heteroatoms. The Balaban J connectivity index is 2.10. The normalized spacial score (nSPS) is 34.8. The van der Waals surface area contributed by atoms with Gasteiger partial charge in [-0.15, -0.1) is 0 Å². The van der Waals surface area contributed by atoms with Gasteiger partial charge in [-0.25, -0.2) is 0 Å². The summed E-state index contributed by atoms with van der Waals surface area (Å²) in [6.45, 7) is 7.70. The summed E-state index contributed by atoms with van der Waals surface area (Å²) >= 11 is 0. The minimum absolute atomic E-state index is 0.135. The average Bonchev–Trinajstić information content (AvgIpc) is 2.51. The number of hydrogen-bond acceptors (Lipinski definition) is 4. The molecule has 0 spiro atoms. The predicted molar refractivity (Wildman–Crippen MR) is 96.2 cm³/mol. The first kappa shape index (κ1) is 18.4. The summed E-state index contributed by atoms with van der Waals surface area (Å²) in [7, 11) is 1.43. The molecule has 4 nitrogen and oxygen atoms in total. The Kier molecular flexibility index (Phi) is 4.28. The molecule has 0 aromatic heterocycles. The fourth-order valence-electron chi connectivity index (χ4n) is 5.47. The first-order chi connectivity index (χ1) is 11.5. The van der Waals surface area contributed by atoms with E-state index in [-0.39, 0.29) is 17.3 Å². The van der Waals surface area contributed by atoms with Gasteiger partial charge in [-0.05, 0) is 74.5 Å². The van der Waals surface area contributed by atoms with Gasteiger partial charge in [0.2, 0.25) is 0 Å². The van der Waals surface area contributed by atoms with Gasteiger partial charge < -0.3 is 14.9 Å². The van der Waals surface area contributed by atoms with E-state index in [0.717, 1.165) is 18.4 Å². The molecule has 2 N–H and O–H groups in total. The van der Waals surface area contributed by atoms with E-state index in [2.05, 4.69) is 19.1 Å². The van der Waals surface area contributed by atoms with Crippen molar-refractivity contribution in [3.05, 3.63) is 34.9 Å². The molecule has 0 amide bonds. The van der Waals surface area contributed by atoms with Crippen LogP contribution in [0.5, 0.6) is 0 Å². The fourth-order valence-corrected chi connectivity index (χ4v) is 5.47. The number of aliphatic hydroxyl groups is 2. The molecule has 0 radical (unpaired) electrons. The number of aryl methyl sites for hydroxylation is 1.